The molecule has 0 unspecified atom stereocenters. The van der Waals surface area contributed by atoms with E-state index in [1.807, 2.05) is 30.3 Å². The molecule has 0 bridgehead atoms. The van der Waals surface area contributed by atoms with Crippen LogP contribution in [-0.4, -0.2) is 29.6 Å². The fraction of sp³-hybridized carbons (Fsp3) is 0.389. The maximum atomic E-state index is 5.62. The topological polar surface area (TPSA) is 40.4 Å². The van der Waals surface area contributed by atoms with Gasteiger partial charge in [-0.1, -0.05) is 30.3 Å². The molecule has 23 heavy (non-hydrogen) atoms. The van der Waals surface area contributed by atoms with Crippen molar-refractivity contribution in [2.24, 2.45) is 0 Å². The molecule has 1 saturated heterocycles. The minimum Gasteiger partial charge on any atom is -0.468 e. The van der Waals surface area contributed by atoms with Crippen LogP contribution in [0.15, 0.2) is 53.1 Å². The Hall–Kier alpha value is -1.85. The molecule has 1 aliphatic heterocycles. The number of rotatable bonds is 6. The molecule has 0 aliphatic carbocycles. The van der Waals surface area contributed by atoms with E-state index in [0.717, 1.165) is 31.9 Å². The predicted octanol–water partition coefficient (Wildman–Crippen LogP) is 3.08. The molecular formula is C18H23N3OS. The van der Waals surface area contributed by atoms with E-state index in [2.05, 4.69) is 27.7 Å². The number of thiocarbonyl (C=S) groups is 1. The molecule has 1 aromatic carbocycles. The van der Waals surface area contributed by atoms with Crippen LogP contribution in [0.3, 0.4) is 0 Å². The van der Waals surface area contributed by atoms with Gasteiger partial charge in [-0.3, -0.25) is 4.90 Å². The first-order valence-electron chi connectivity index (χ1n) is 8.16. The average Bonchev–Trinajstić information content (AvgIpc) is 3.28. The molecule has 2 aromatic rings. The molecule has 1 aliphatic rings. The fourth-order valence-electron chi connectivity index (χ4n) is 2.97. The first-order valence-corrected chi connectivity index (χ1v) is 8.57. The summed E-state index contributed by atoms with van der Waals surface area (Å²) in [6.45, 7) is 3.74. The van der Waals surface area contributed by atoms with Crippen molar-refractivity contribution in [3.63, 3.8) is 0 Å². The van der Waals surface area contributed by atoms with Crippen LogP contribution < -0.4 is 10.6 Å². The van der Waals surface area contributed by atoms with Crippen LogP contribution in [0.5, 0.6) is 0 Å². The van der Waals surface area contributed by atoms with Crippen LogP contribution in [0.25, 0.3) is 0 Å². The van der Waals surface area contributed by atoms with Gasteiger partial charge in [-0.15, -0.1) is 0 Å². The lowest BCUT2D eigenvalue weighted by atomic mass is 10.2. The zero-order valence-corrected chi connectivity index (χ0v) is 14.0. The van der Waals surface area contributed by atoms with E-state index in [-0.39, 0.29) is 6.04 Å². The lowest BCUT2D eigenvalue weighted by molar-refractivity contribution is 0.215. The predicted molar refractivity (Wildman–Crippen MR) is 96.1 cm³/mol. The van der Waals surface area contributed by atoms with Gasteiger partial charge < -0.3 is 15.1 Å². The molecule has 4 nitrogen and oxygen atoms in total. The fourth-order valence-corrected chi connectivity index (χ4v) is 3.13. The summed E-state index contributed by atoms with van der Waals surface area (Å²) in [5.41, 5.74) is 1.22. The van der Waals surface area contributed by atoms with Gasteiger partial charge in [0.05, 0.1) is 12.3 Å². The van der Waals surface area contributed by atoms with Crippen molar-refractivity contribution in [2.45, 2.75) is 25.4 Å². The van der Waals surface area contributed by atoms with E-state index in [9.17, 15) is 0 Å². The Kier molecular flexibility index (Phi) is 5.66. The number of nitrogens with zero attached hydrogens (tertiary/aromatic N) is 1. The van der Waals surface area contributed by atoms with Crippen LogP contribution in [-0.2, 0) is 6.54 Å². The Balaban J connectivity index is 1.51. The second kappa shape index (κ2) is 8.13. The molecule has 1 fully saturated rings. The van der Waals surface area contributed by atoms with E-state index in [0.29, 0.717) is 5.11 Å². The number of likely N-dealkylation sites (tertiary alicyclic amines) is 1. The van der Waals surface area contributed by atoms with Crippen molar-refractivity contribution in [3.8, 4) is 0 Å². The monoisotopic (exact) mass is 329 g/mol. The number of hydrogen-bond donors (Lipinski definition) is 2. The molecule has 2 N–H and O–H groups in total. The van der Waals surface area contributed by atoms with E-state index in [1.165, 1.54) is 18.4 Å². The summed E-state index contributed by atoms with van der Waals surface area (Å²) in [6, 6.07) is 14.5. The van der Waals surface area contributed by atoms with Crippen LogP contribution in [0.4, 0.5) is 0 Å². The van der Waals surface area contributed by atoms with Gasteiger partial charge in [-0.05, 0) is 55.8 Å². The third-order valence-electron chi connectivity index (χ3n) is 4.20. The molecular weight excluding hydrogens is 306 g/mol. The molecule has 2 heterocycles. The van der Waals surface area contributed by atoms with Crippen LogP contribution in [0.1, 0.15) is 30.2 Å². The molecule has 0 spiro atoms. The van der Waals surface area contributed by atoms with Gasteiger partial charge in [-0.25, -0.2) is 0 Å². The second-order valence-electron chi connectivity index (χ2n) is 5.82. The van der Waals surface area contributed by atoms with Gasteiger partial charge >= 0.3 is 0 Å². The maximum absolute atomic E-state index is 5.62. The largest absolute Gasteiger partial charge is 0.468 e. The highest BCUT2D eigenvalue weighted by atomic mass is 32.1. The maximum Gasteiger partial charge on any atom is 0.166 e. The highest BCUT2D eigenvalue weighted by Gasteiger charge is 2.25. The first-order chi connectivity index (χ1) is 11.3. The van der Waals surface area contributed by atoms with E-state index in [4.69, 9.17) is 16.6 Å². The van der Waals surface area contributed by atoms with Gasteiger partial charge in [0.25, 0.3) is 0 Å². The molecule has 0 amide bonds. The lowest BCUT2D eigenvalue weighted by Crippen LogP contribution is -2.41. The number of hydrogen-bond acceptors (Lipinski definition) is 3. The number of benzene rings is 1. The molecule has 1 atom stereocenters. The Labute approximate surface area is 142 Å². The Morgan fingerprint density at radius 3 is 2.57 bits per heavy atom. The van der Waals surface area contributed by atoms with Crippen LogP contribution in [0.2, 0.25) is 0 Å². The third kappa shape index (κ3) is 4.56. The first kappa shape index (κ1) is 16.0. The summed E-state index contributed by atoms with van der Waals surface area (Å²) in [6.07, 6.45) is 4.26. The Morgan fingerprint density at radius 2 is 1.87 bits per heavy atom. The lowest BCUT2D eigenvalue weighted by Gasteiger charge is -2.26. The zero-order chi connectivity index (χ0) is 15.9. The summed E-state index contributed by atoms with van der Waals surface area (Å²) < 4.78 is 5.62. The van der Waals surface area contributed by atoms with Gasteiger partial charge in [0.2, 0.25) is 0 Å². The molecule has 122 valence electrons. The number of nitrogens with one attached hydrogen (secondary N) is 2. The zero-order valence-electron chi connectivity index (χ0n) is 13.2. The molecule has 0 saturated carbocycles. The summed E-state index contributed by atoms with van der Waals surface area (Å²) >= 11 is 5.40. The molecule has 0 radical (unpaired) electrons. The van der Waals surface area contributed by atoms with Crippen LogP contribution >= 0.6 is 12.2 Å². The summed E-state index contributed by atoms with van der Waals surface area (Å²) in [5, 5.41) is 7.28. The highest BCUT2D eigenvalue weighted by molar-refractivity contribution is 7.80. The summed E-state index contributed by atoms with van der Waals surface area (Å²) in [4.78, 5) is 2.46. The van der Waals surface area contributed by atoms with E-state index in [1.54, 1.807) is 6.26 Å². The van der Waals surface area contributed by atoms with Crippen molar-refractivity contribution in [2.75, 3.05) is 19.6 Å². The SMILES string of the molecule is S=C(NCc1ccccc1)NC[C@@H](c1ccco1)N1CCCC1. The van der Waals surface area contributed by atoms with Gasteiger partial charge in [0.15, 0.2) is 5.11 Å². The van der Waals surface area contributed by atoms with Crippen molar-refractivity contribution < 1.29 is 4.42 Å². The minimum atomic E-state index is 0.240. The van der Waals surface area contributed by atoms with Gasteiger partial charge in [-0.2, -0.15) is 0 Å². The normalized spacial score (nSPS) is 16.2. The van der Waals surface area contributed by atoms with Crippen molar-refractivity contribution in [3.05, 3.63) is 60.1 Å². The second-order valence-corrected chi connectivity index (χ2v) is 6.23. The Bertz CT molecular complexity index is 594. The Morgan fingerprint density at radius 1 is 1.09 bits per heavy atom. The van der Waals surface area contributed by atoms with Crippen molar-refractivity contribution in [1.29, 1.82) is 0 Å². The molecule has 5 heteroatoms. The van der Waals surface area contributed by atoms with Gasteiger partial charge in [0.1, 0.15) is 5.76 Å². The van der Waals surface area contributed by atoms with E-state index < -0.39 is 0 Å². The highest BCUT2D eigenvalue weighted by Crippen LogP contribution is 2.24. The average molecular weight is 329 g/mol. The van der Waals surface area contributed by atoms with Crippen LogP contribution in [0, 0.1) is 0 Å². The van der Waals surface area contributed by atoms with Crippen molar-refractivity contribution in [1.82, 2.24) is 15.5 Å². The summed E-state index contributed by atoms with van der Waals surface area (Å²) in [7, 11) is 0. The van der Waals surface area contributed by atoms with Crippen molar-refractivity contribution >= 4 is 17.3 Å². The number of furan rings is 1. The third-order valence-corrected chi connectivity index (χ3v) is 4.49. The standard InChI is InChI=1S/C18H23N3OS/c23-18(19-13-15-7-2-1-3-8-15)20-14-16(17-9-6-12-22-17)21-10-4-5-11-21/h1-3,6-9,12,16H,4-5,10-11,13-14H2,(H2,19,20,23)/t16-/m0/s1. The smallest absolute Gasteiger partial charge is 0.166 e. The van der Waals surface area contributed by atoms with Gasteiger partial charge in [0, 0.05) is 13.1 Å². The van der Waals surface area contributed by atoms with E-state index >= 15 is 0 Å². The molecule has 1 aromatic heterocycles. The molecule has 3 rings (SSSR count). The minimum absolute atomic E-state index is 0.240. The quantitative estimate of drug-likeness (QED) is 0.797. The summed E-state index contributed by atoms with van der Waals surface area (Å²) in [5.74, 6) is 1.00.